The van der Waals surface area contributed by atoms with Gasteiger partial charge >= 0.3 is 0 Å². The van der Waals surface area contributed by atoms with Crippen molar-refractivity contribution in [1.82, 2.24) is 5.32 Å². The minimum Gasteiger partial charge on any atom is -0.352 e. The molecule has 0 aliphatic rings. The van der Waals surface area contributed by atoms with Crippen molar-refractivity contribution in [3.63, 3.8) is 0 Å². The minimum absolute atomic E-state index is 0.0858. The zero-order chi connectivity index (χ0) is 14.4. The van der Waals surface area contributed by atoms with Crippen LogP contribution in [-0.2, 0) is 6.42 Å². The number of amides is 1. The number of aldehydes is 1. The molecular weight excluding hydrogens is 250 g/mol. The van der Waals surface area contributed by atoms with Gasteiger partial charge in [-0.1, -0.05) is 42.0 Å². The second kappa shape index (κ2) is 6.66. The van der Waals surface area contributed by atoms with Crippen molar-refractivity contribution in [2.75, 3.05) is 6.54 Å². The van der Waals surface area contributed by atoms with Crippen molar-refractivity contribution in [2.45, 2.75) is 13.3 Å². The molecule has 0 aromatic heterocycles. The Morgan fingerprint density at radius 1 is 1.15 bits per heavy atom. The van der Waals surface area contributed by atoms with Gasteiger partial charge in [-0.05, 0) is 31.0 Å². The maximum atomic E-state index is 12.0. The Morgan fingerprint density at radius 2 is 1.95 bits per heavy atom. The summed E-state index contributed by atoms with van der Waals surface area (Å²) in [6, 6.07) is 14.9. The van der Waals surface area contributed by atoms with E-state index in [0.717, 1.165) is 17.4 Å². The first-order valence-corrected chi connectivity index (χ1v) is 6.58. The lowest BCUT2D eigenvalue weighted by Crippen LogP contribution is -2.25. The number of carbonyl (C=O) groups is 2. The van der Waals surface area contributed by atoms with Crippen LogP contribution >= 0.6 is 0 Å². The third-order valence-corrected chi connectivity index (χ3v) is 3.14. The average Bonchev–Trinajstić information content (AvgIpc) is 2.47. The molecule has 2 aromatic carbocycles. The number of rotatable bonds is 5. The largest absolute Gasteiger partial charge is 0.352 e. The van der Waals surface area contributed by atoms with Gasteiger partial charge in [0.2, 0.25) is 0 Å². The third-order valence-electron chi connectivity index (χ3n) is 3.14. The highest BCUT2D eigenvalue weighted by Crippen LogP contribution is 2.07. The fourth-order valence-corrected chi connectivity index (χ4v) is 2.08. The van der Waals surface area contributed by atoms with E-state index < -0.39 is 0 Å². The number of benzene rings is 2. The first kappa shape index (κ1) is 14.0. The molecule has 2 aromatic rings. The molecule has 0 aliphatic heterocycles. The van der Waals surface area contributed by atoms with Crippen molar-refractivity contribution >= 4 is 12.2 Å². The van der Waals surface area contributed by atoms with Crippen LogP contribution in [0.1, 0.15) is 31.8 Å². The highest BCUT2D eigenvalue weighted by atomic mass is 16.1. The monoisotopic (exact) mass is 267 g/mol. The van der Waals surface area contributed by atoms with E-state index >= 15 is 0 Å². The SMILES string of the molecule is Cc1cccc(C(=O)NCCc2ccccc2C=O)c1. The Hall–Kier alpha value is -2.42. The van der Waals surface area contributed by atoms with Crippen molar-refractivity contribution in [3.05, 3.63) is 70.8 Å². The van der Waals surface area contributed by atoms with Crippen molar-refractivity contribution in [2.24, 2.45) is 0 Å². The van der Waals surface area contributed by atoms with Crippen LogP contribution in [0.4, 0.5) is 0 Å². The van der Waals surface area contributed by atoms with Gasteiger partial charge in [0.25, 0.3) is 5.91 Å². The lowest BCUT2D eigenvalue weighted by atomic mass is 10.1. The summed E-state index contributed by atoms with van der Waals surface area (Å²) in [5.41, 5.74) is 3.35. The van der Waals surface area contributed by atoms with E-state index in [0.29, 0.717) is 24.1 Å². The topological polar surface area (TPSA) is 46.2 Å². The fourth-order valence-electron chi connectivity index (χ4n) is 2.08. The van der Waals surface area contributed by atoms with E-state index in [1.54, 1.807) is 12.1 Å². The lowest BCUT2D eigenvalue weighted by Gasteiger charge is -2.07. The molecule has 0 fully saturated rings. The summed E-state index contributed by atoms with van der Waals surface area (Å²) in [6.07, 6.45) is 1.49. The average molecular weight is 267 g/mol. The van der Waals surface area contributed by atoms with E-state index in [-0.39, 0.29) is 5.91 Å². The number of carbonyl (C=O) groups excluding carboxylic acids is 2. The molecule has 0 aliphatic carbocycles. The zero-order valence-corrected chi connectivity index (χ0v) is 11.4. The van der Waals surface area contributed by atoms with E-state index in [1.165, 1.54) is 0 Å². The van der Waals surface area contributed by atoms with Gasteiger partial charge in [-0.25, -0.2) is 0 Å². The normalized spacial score (nSPS) is 10.1. The number of nitrogens with one attached hydrogen (secondary N) is 1. The maximum Gasteiger partial charge on any atom is 0.251 e. The predicted octanol–water partition coefficient (Wildman–Crippen LogP) is 2.78. The zero-order valence-electron chi connectivity index (χ0n) is 11.4. The molecule has 0 heterocycles. The first-order valence-electron chi connectivity index (χ1n) is 6.58. The number of hydrogen-bond acceptors (Lipinski definition) is 2. The van der Waals surface area contributed by atoms with Gasteiger partial charge in [0.1, 0.15) is 6.29 Å². The van der Waals surface area contributed by atoms with E-state index in [1.807, 2.05) is 43.3 Å². The molecule has 1 N–H and O–H groups in total. The molecule has 1 amide bonds. The van der Waals surface area contributed by atoms with Crippen LogP contribution < -0.4 is 5.32 Å². The summed E-state index contributed by atoms with van der Waals surface area (Å²) in [5, 5.41) is 2.87. The number of aryl methyl sites for hydroxylation is 1. The maximum absolute atomic E-state index is 12.0. The molecule has 20 heavy (non-hydrogen) atoms. The molecular formula is C17H17NO2. The third kappa shape index (κ3) is 3.54. The Labute approximate surface area is 118 Å². The standard InChI is InChI=1S/C17H17NO2/c1-13-5-4-8-15(11-13)17(20)18-10-9-14-6-2-3-7-16(14)12-19/h2-8,11-12H,9-10H2,1H3,(H,18,20). The summed E-state index contributed by atoms with van der Waals surface area (Å²) in [7, 11) is 0. The van der Waals surface area contributed by atoms with Gasteiger partial charge in [-0.2, -0.15) is 0 Å². The van der Waals surface area contributed by atoms with E-state index in [9.17, 15) is 9.59 Å². The van der Waals surface area contributed by atoms with Crippen LogP contribution in [0.3, 0.4) is 0 Å². The van der Waals surface area contributed by atoms with Crippen LogP contribution in [0.5, 0.6) is 0 Å². The summed E-state index contributed by atoms with van der Waals surface area (Å²) in [6.45, 7) is 2.47. The Morgan fingerprint density at radius 3 is 2.70 bits per heavy atom. The highest BCUT2D eigenvalue weighted by Gasteiger charge is 2.05. The van der Waals surface area contributed by atoms with Gasteiger partial charge in [0.05, 0.1) is 0 Å². The summed E-state index contributed by atoms with van der Waals surface area (Å²) >= 11 is 0. The molecule has 3 nitrogen and oxygen atoms in total. The number of hydrogen-bond donors (Lipinski definition) is 1. The van der Waals surface area contributed by atoms with Crippen LogP contribution in [0, 0.1) is 6.92 Å². The summed E-state index contributed by atoms with van der Waals surface area (Å²) in [4.78, 5) is 22.9. The molecule has 0 unspecified atom stereocenters. The second-order valence-corrected chi connectivity index (χ2v) is 4.69. The Bertz CT molecular complexity index is 620. The molecule has 0 atom stereocenters. The van der Waals surface area contributed by atoms with Crippen molar-refractivity contribution in [3.8, 4) is 0 Å². The van der Waals surface area contributed by atoms with Gasteiger partial charge in [-0.3, -0.25) is 9.59 Å². The molecule has 0 spiro atoms. The summed E-state index contributed by atoms with van der Waals surface area (Å²) in [5.74, 6) is -0.0858. The predicted molar refractivity (Wildman–Crippen MR) is 79.0 cm³/mol. The van der Waals surface area contributed by atoms with Gasteiger partial charge in [-0.15, -0.1) is 0 Å². The molecule has 0 bridgehead atoms. The minimum atomic E-state index is -0.0858. The molecule has 3 heteroatoms. The quantitative estimate of drug-likeness (QED) is 0.847. The highest BCUT2D eigenvalue weighted by molar-refractivity contribution is 5.94. The van der Waals surface area contributed by atoms with Gasteiger partial charge < -0.3 is 5.32 Å². The fraction of sp³-hybridized carbons (Fsp3) is 0.176. The van der Waals surface area contributed by atoms with E-state index in [4.69, 9.17) is 0 Å². The Balaban J connectivity index is 1.93. The van der Waals surface area contributed by atoms with Crippen LogP contribution in [-0.4, -0.2) is 18.7 Å². The van der Waals surface area contributed by atoms with Crippen molar-refractivity contribution < 1.29 is 9.59 Å². The second-order valence-electron chi connectivity index (χ2n) is 4.69. The molecule has 0 saturated heterocycles. The van der Waals surface area contributed by atoms with Crippen LogP contribution in [0.15, 0.2) is 48.5 Å². The molecule has 0 saturated carbocycles. The first-order chi connectivity index (χ1) is 9.70. The molecule has 0 radical (unpaired) electrons. The summed E-state index contributed by atoms with van der Waals surface area (Å²) < 4.78 is 0. The van der Waals surface area contributed by atoms with Gasteiger partial charge in [0.15, 0.2) is 0 Å². The van der Waals surface area contributed by atoms with E-state index in [2.05, 4.69) is 5.32 Å². The molecule has 102 valence electrons. The van der Waals surface area contributed by atoms with Crippen molar-refractivity contribution in [1.29, 1.82) is 0 Å². The Kier molecular flexibility index (Phi) is 4.66. The van der Waals surface area contributed by atoms with Crippen LogP contribution in [0.25, 0.3) is 0 Å². The van der Waals surface area contributed by atoms with Gasteiger partial charge in [0, 0.05) is 17.7 Å². The molecule has 2 rings (SSSR count). The van der Waals surface area contributed by atoms with Crippen LogP contribution in [0.2, 0.25) is 0 Å². The smallest absolute Gasteiger partial charge is 0.251 e. The lowest BCUT2D eigenvalue weighted by molar-refractivity contribution is 0.0954.